The van der Waals surface area contributed by atoms with Crippen molar-refractivity contribution in [3.63, 3.8) is 0 Å². The maximum atomic E-state index is 13.8. The molecule has 2 rings (SSSR count). The molecule has 0 fully saturated rings. The van der Waals surface area contributed by atoms with Crippen molar-refractivity contribution in [3.05, 3.63) is 71.3 Å². The molecule has 0 aromatic heterocycles. The summed E-state index contributed by atoms with van der Waals surface area (Å²) >= 11 is 0. The maximum Gasteiger partial charge on any atom is 0.165 e. The lowest BCUT2D eigenvalue weighted by Gasteiger charge is -2.28. The smallest absolute Gasteiger partial charge is 0.165 e. The first kappa shape index (κ1) is 12.7. The predicted octanol–water partition coefficient (Wildman–Crippen LogP) is 2.16. The molecule has 0 amide bonds. The van der Waals surface area contributed by atoms with Crippen molar-refractivity contribution in [2.45, 2.75) is 5.60 Å². The van der Waals surface area contributed by atoms with Crippen LogP contribution in [-0.4, -0.2) is 11.7 Å². The van der Waals surface area contributed by atoms with Crippen LogP contribution < -0.4 is 5.73 Å². The molecule has 0 heterocycles. The van der Waals surface area contributed by atoms with E-state index in [2.05, 4.69) is 0 Å². The normalized spacial score (nSPS) is 14.2. The molecule has 0 radical (unpaired) electrons. The number of hydrogen-bond acceptors (Lipinski definition) is 2. The lowest BCUT2D eigenvalue weighted by molar-refractivity contribution is 0.0852. The van der Waals surface area contributed by atoms with Crippen LogP contribution in [-0.2, 0) is 5.60 Å². The average molecular weight is 249 g/mol. The van der Waals surface area contributed by atoms with Crippen LogP contribution >= 0.6 is 0 Å². The van der Waals surface area contributed by atoms with Crippen LogP contribution in [0.5, 0.6) is 0 Å². The van der Waals surface area contributed by atoms with Crippen LogP contribution in [0, 0.1) is 11.6 Å². The van der Waals surface area contributed by atoms with Gasteiger partial charge < -0.3 is 10.8 Å². The van der Waals surface area contributed by atoms with Gasteiger partial charge in [0.1, 0.15) is 5.60 Å². The maximum absolute atomic E-state index is 13.8. The van der Waals surface area contributed by atoms with Gasteiger partial charge in [0.25, 0.3) is 0 Å². The molecule has 94 valence electrons. The van der Waals surface area contributed by atoms with Crippen LogP contribution in [0.15, 0.2) is 48.5 Å². The summed E-state index contributed by atoms with van der Waals surface area (Å²) in [5.41, 5.74) is 4.09. The molecule has 2 aromatic carbocycles. The zero-order valence-electron chi connectivity index (χ0n) is 9.61. The van der Waals surface area contributed by atoms with E-state index in [1.165, 1.54) is 12.1 Å². The van der Waals surface area contributed by atoms with E-state index in [0.29, 0.717) is 5.56 Å². The molecule has 2 aromatic rings. The van der Waals surface area contributed by atoms with E-state index >= 15 is 0 Å². The van der Waals surface area contributed by atoms with Crippen molar-refractivity contribution in [1.82, 2.24) is 0 Å². The fourth-order valence-electron chi connectivity index (χ4n) is 1.92. The van der Waals surface area contributed by atoms with E-state index in [-0.39, 0.29) is 12.1 Å². The van der Waals surface area contributed by atoms with Gasteiger partial charge >= 0.3 is 0 Å². The second kappa shape index (κ2) is 4.84. The topological polar surface area (TPSA) is 46.2 Å². The molecular formula is C14H13F2NO. The summed E-state index contributed by atoms with van der Waals surface area (Å²) in [6.45, 7) is -0.239. The number of hydrogen-bond donors (Lipinski definition) is 2. The van der Waals surface area contributed by atoms with Gasteiger partial charge in [-0.3, -0.25) is 0 Å². The molecule has 0 aliphatic heterocycles. The molecule has 0 saturated carbocycles. The van der Waals surface area contributed by atoms with Crippen molar-refractivity contribution in [2.75, 3.05) is 6.54 Å². The highest BCUT2D eigenvalue weighted by Crippen LogP contribution is 2.31. The average Bonchev–Trinajstić information content (AvgIpc) is 2.42. The largest absolute Gasteiger partial charge is 0.379 e. The minimum atomic E-state index is -1.73. The highest BCUT2D eigenvalue weighted by atomic mass is 19.2. The highest BCUT2D eigenvalue weighted by molar-refractivity contribution is 5.37. The van der Waals surface area contributed by atoms with Crippen LogP contribution in [0.4, 0.5) is 8.78 Å². The molecule has 2 nitrogen and oxygen atoms in total. The van der Waals surface area contributed by atoms with Crippen LogP contribution in [0.25, 0.3) is 0 Å². The Balaban J connectivity index is 2.61. The van der Waals surface area contributed by atoms with Crippen molar-refractivity contribution >= 4 is 0 Å². The Bertz CT molecular complexity index is 545. The Morgan fingerprint density at radius 2 is 1.67 bits per heavy atom. The Morgan fingerprint density at radius 3 is 2.28 bits per heavy atom. The van der Waals surface area contributed by atoms with Gasteiger partial charge in [-0.2, -0.15) is 0 Å². The summed E-state index contributed by atoms with van der Waals surface area (Å²) in [7, 11) is 0. The summed E-state index contributed by atoms with van der Waals surface area (Å²) in [6, 6.07) is 12.1. The molecule has 3 N–H and O–H groups in total. The van der Waals surface area contributed by atoms with E-state index in [1.54, 1.807) is 30.3 Å². The molecule has 0 aliphatic carbocycles. The Hall–Kier alpha value is -1.78. The van der Waals surface area contributed by atoms with Gasteiger partial charge in [0, 0.05) is 12.1 Å². The molecule has 1 unspecified atom stereocenters. The number of benzene rings is 2. The predicted molar refractivity (Wildman–Crippen MR) is 64.9 cm³/mol. The Labute approximate surface area is 104 Å². The zero-order valence-corrected chi connectivity index (χ0v) is 9.61. The zero-order chi connectivity index (χ0) is 13.2. The highest BCUT2D eigenvalue weighted by Gasteiger charge is 2.33. The lowest BCUT2D eigenvalue weighted by atomic mass is 9.86. The second-order valence-electron chi connectivity index (χ2n) is 4.03. The molecule has 0 saturated heterocycles. The van der Waals surface area contributed by atoms with Gasteiger partial charge in [-0.15, -0.1) is 0 Å². The fraction of sp³-hybridized carbons (Fsp3) is 0.143. The first-order chi connectivity index (χ1) is 8.59. The standard InChI is InChI=1S/C14H13F2NO/c15-12-8-4-7-11(13(12)16)14(18,9-17)10-5-2-1-3-6-10/h1-8,18H,9,17H2. The Morgan fingerprint density at radius 1 is 1.00 bits per heavy atom. The van der Waals surface area contributed by atoms with E-state index in [4.69, 9.17) is 5.73 Å². The third kappa shape index (κ3) is 2.00. The monoisotopic (exact) mass is 249 g/mol. The van der Waals surface area contributed by atoms with Crippen molar-refractivity contribution in [2.24, 2.45) is 5.73 Å². The van der Waals surface area contributed by atoms with Crippen LogP contribution in [0.1, 0.15) is 11.1 Å². The van der Waals surface area contributed by atoms with Crippen molar-refractivity contribution < 1.29 is 13.9 Å². The SMILES string of the molecule is NCC(O)(c1ccccc1)c1cccc(F)c1F. The Kier molecular flexibility index (Phi) is 3.41. The number of halogens is 2. The van der Waals surface area contributed by atoms with Gasteiger partial charge in [-0.1, -0.05) is 42.5 Å². The van der Waals surface area contributed by atoms with Gasteiger partial charge in [0.2, 0.25) is 0 Å². The molecule has 0 spiro atoms. The summed E-state index contributed by atoms with van der Waals surface area (Å²) in [5, 5.41) is 10.5. The molecule has 4 heteroatoms. The molecule has 1 atom stereocenters. The van der Waals surface area contributed by atoms with Gasteiger partial charge in [-0.25, -0.2) is 8.78 Å². The van der Waals surface area contributed by atoms with Gasteiger partial charge in [0.05, 0.1) is 0 Å². The number of aliphatic hydroxyl groups is 1. The molecular weight excluding hydrogens is 236 g/mol. The van der Waals surface area contributed by atoms with Gasteiger partial charge in [-0.05, 0) is 11.6 Å². The summed E-state index contributed by atoms with van der Waals surface area (Å²) < 4.78 is 27.0. The number of rotatable bonds is 3. The van der Waals surface area contributed by atoms with E-state index < -0.39 is 17.2 Å². The third-order valence-electron chi connectivity index (χ3n) is 2.94. The quantitative estimate of drug-likeness (QED) is 0.875. The second-order valence-corrected chi connectivity index (χ2v) is 4.03. The van der Waals surface area contributed by atoms with E-state index in [9.17, 15) is 13.9 Å². The van der Waals surface area contributed by atoms with Gasteiger partial charge in [0.15, 0.2) is 11.6 Å². The summed E-state index contributed by atoms with van der Waals surface area (Å²) in [5.74, 6) is -2.08. The van der Waals surface area contributed by atoms with E-state index in [0.717, 1.165) is 6.07 Å². The van der Waals surface area contributed by atoms with Crippen molar-refractivity contribution in [3.8, 4) is 0 Å². The number of nitrogens with two attached hydrogens (primary N) is 1. The molecule has 0 aliphatic rings. The molecule has 18 heavy (non-hydrogen) atoms. The van der Waals surface area contributed by atoms with Crippen molar-refractivity contribution in [1.29, 1.82) is 0 Å². The fourth-order valence-corrected chi connectivity index (χ4v) is 1.92. The molecule has 0 bridgehead atoms. The van der Waals surface area contributed by atoms with E-state index in [1.807, 2.05) is 0 Å². The minimum Gasteiger partial charge on any atom is -0.379 e. The summed E-state index contributed by atoms with van der Waals surface area (Å²) in [6.07, 6.45) is 0. The van der Waals surface area contributed by atoms with Crippen LogP contribution in [0.2, 0.25) is 0 Å². The first-order valence-electron chi connectivity index (χ1n) is 5.52. The first-order valence-corrected chi connectivity index (χ1v) is 5.52. The minimum absolute atomic E-state index is 0.156. The third-order valence-corrected chi connectivity index (χ3v) is 2.94. The van der Waals surface area contributed by atoms with Crippen LogP contribution in [0.3, 0.4) is 0 Å². The lowest BCUT2D eigenvalue weighted by Crippen LogP contribution is -2.37. The summed E-state index contributed by atoms with van der Waals surface area (Å²) in [4.78, 5) is 0.